The van der Waals surface area contributed by atoms with Crippen molar-refractivity contribution in [1.82, 2.24) is 20.2 Å². The number of aromatic nitrogens is 2. The quantitative estimate of drug-likeness (QED) is 0.800. The summed E-state index contributed by atoms with van der Waals surface area (Å²) in [4.78, 5) is 28.3. The van der Waals surface area contributed by atoms with Gasteiger partial charge in [-0.05, 0) is 12.8 Å². The summed E-state index contributed by atoms with van der Waals surface area (Å²) in [5.74, 6) is 4.57. The maximum Gasteiger partial charge on any atom is 0.234 e. The Labute approximate surface area is 172 Å². The third kappa shape index (κ3) is 5.29. The summed E-state index contributed by atoms with van der Waals surface area (Å²) in [6, 6.07) is 2.52. The molecule has 0 unspecified atom stereocenters. The van der Waals surface area contributed by atoms with Crippen molar-refractivity contribution in [3.63, 3.8) is 0 Å². The van der Waals surface area contributed by atoms with Crippen molar-refractivity contribution in [2.45, 2.75) is 38.1 Å². The number of rotatable bonds is 5. The van der Waals surface area contributed by atoms with Crippen LogP contribution < -0.4 is 15.1 Å². The van der Waals surface area contributed by atoms with Gasteiger partial charge in [-0.3, -0.25) is 9.69 Å². The van der Waals surface area contributed by atoms with Crippen molar-refractivity contribution in [1.29, 1.82) is 0 Å². The molecule has 0 bridgehead atoms. The molecule has 154 valence electrons. The highest BCUT2D eigenvalue weighted by molar-refractivity contribution is 7.99. The number of amides is 1. The van der Waals surface area contributed by atoms with Gasteiger partial charge in [-0.25, -0.2) is 9.97 Å². The van der Waals surface area contributed by atoms with Crippen LogP contribution in [0.4, 0.5) is 11.6 Å². The van der Waals surface area contributed by atoms with E-state index in [1.165, 1.54) is 30.8 Å². The van der Waals surface area contributed by atoms with Crippen molar-refractivity contribution in [2.24, 2.45) is 0 Å². The first-order valence-corrected chi connectivity index (χ1v) is 11.8. The molecule has 1 aromatic rings. The zero-order valence-corrected chi connectivity index (χ0v) is 17.5. The zero-order chi connectivity index (χ0) is 19.2. The molecule has 2 aliphatic heterocycles. The fourth-order valence-electron chi connectivity index (χ4n) is 4.33. The number of carbonyl (C=O) groups is 1. The SMILES string of the molecule is O=C(CN1CCN(c2cc(N3CCSCC3)ncn2)CC1)NC1CCCCC1. The summed E-state index contributed by atoms with van der Waals surface area (Å²) in [6.07, 6.45) is 7.80. The molecular weight excluding hydrogens is 372 g/mol. The summed E-state index contributed by atoms with van der Waals surface area (Å²) < 4.78 is 0. The molecule has 0 atom stereocenters. The molecule has 1 aliphatic carbocycles. The van der Waals surface area contributed by atoms with Crippen molar-refractivity contribution < 1.29 is 4.79 Å². The Morgan fingerprint density at radius 1 is 0.964 bits per heavy atom. The minimum absolute atomic E-state index is 0.188. The first-order valence-electron chi connectivity index (χ1n) is 10.7. The van der Waals surface area contributed by atoms with Crippen LogP contribution in [0.15, 0.2) is 12.4 Å². The Hall–Kier alpha value is -1.54. The van der Waals surface area contributed by atoms with Gasteiger partial charge in [0, 0.05) is 62.9 Å². The van der Waals surface area contributed by atoms with Gasteiger partial charge in [0.2, 0.25) is 5.91 Å². The van der Waals surface area contributed by atoms with Crippen LogP contribution in [0.25, 0.3) is 0 Å². The van der Waals surface area contributed by atoms with E-state index in [9.17, 15) is 4.79 Å². The lowest BCUT2D eigenvalue weighted by Gasteiger charge is -2.36. The smallest absolute Gasteiger partial charge is 0.234 e. The summed E-state index contributed by atoms with van der Waals surface area (Å²) >= 11 is 2.01. The van der Waals surface area contributed by atoms with E-state index in [1.807, 2.05) is 11.8 Å². The van der Waals surface area contributed by atoms with Gasteiger partial charge >= 0.3 is 0 Å². The van der Waals surface area contributed by atoms with E-state index in [2.05, 4.69) is 36.1 Å². The van der Waals surface area contributed by atoms with E-state index in [4.69, 9.17) is 0 Å². The number of hydrogen-bond acceptors (Lipinski definition) is 7. The second-order valence-electron chi connectivity index (χ2n) is 8.00. The molecule has 28 heavy (non-hydrogen) atoms. The lowest BCUT2D eigenvalue weighted by atomic mass is 9.95. The van der Waals surface area contributed by atoms with Crippen molar-refractivity contribution in [2.75, 3.05) is 67.1 Å². The second kappa shape index (κ2) is 9.78. The summed E-state index contributed by atoms with van der Waals surface area (Å²) in [5, 5.41) is 3.23. The normalized spacial score (nSPS) is 22.3. The predicted molar refractivity (Wildman–Crippen MR) is 115 cm³/mol. The van der Waals surface area contributed by atoms with Crippen LogP contribution >= 0.6 is 11.8 Å². The predicted octanol–water partition coefficient (Wildman–Crippen LogP) is 1.60. The molecule has 7 nitrogen and oxygen atoms in total. The number of carbonyl (C=O) groups excluding carboxylic acids is 1. The first kappa shape index (κ1) is 19.8. The Bertz CT molecular complexity index is 639. The average Bonchev–Trinajstić information content (AvgIpc) is 2.76. The lowest BCUT2D eigenvalue weighted by Crippen LogP contribution is -2.51. The Balaban J connectivity index is 1.25. The Morgan fingerprint density at radius 3 is 2.29 bits per heavy atom. The molecule has 2 saturated heterocycles. The number of nitrogens with one attached hydrogen (secondary N) is 1. The fraction of sp³-hybridized carbons (Fsp3) is 0.750. The number of hydrogen-bond donors (Lipinski definition) is 1. The second-order valence-corrected chi connectivity index (χ2v) is 9.22. The molecule has 3 heterocycles. The van der Waals surface area contributed by atoms with Crippen molar-refractivity contribution in [3.05, 3.63) is 12.4 Å². The minimum Gasteiger partial charge on any atom is -0.355 e. The number of thioether (sulfide) groups is 1. The molecule has 0 aromatic carbocycles. The molecule has 3 fully saturated rings. The van der Waals surface area contributed by atoms with Crippen LogP contribution in [0, 0.1) is 0 Å². The topological polar surface area (TPSA) is 64.6 Å². The third-order valence-corrected chi connectivity index (χ3v) is 6.95. The Morgan fingerprint density at radius 2 is 1.61 bits per heavy atom. The molecular formula is C20H32N6OS. The average molecular weight is 405 g/mol. The molecule has 0 spiro atoms. The summed E-state index contributed by atoms with van der Waals surface area (Å²) in [6.45, 7) is 6.25. The van der Waals surface area contributed by atoms with Crippen molar-refractivity contribution >= 4 is 29.3 Å². The maximum absolute atomic E-state index is 12.4. The maximum atomic E-state index is 12.4. The van der Waals surface area contributed by atoms with Gasteiger partial charge in [0.05, 0.1) is 6.54 Å². The van der Waals surface area contributed by atoms with E-state index in [0.29, 0.717) is 12.6 Å². The number of piperazine rings is 1. The molecule has 1 amide bonds. The van der Waals surface area contributed by atoms with E-state index in [1.54, 1.807) is 6.33 Å². The van der Waals surface area contributed by atoms with Crippen LogP contribution in [0.3, 0.4) is 0 Å². The molecule has 1 N–H and O–H groups in total. The fourth-order valence-corrected chi connectivity index (χ4v) is 5.24. The van der Waals surface area contributed by atoms with Crippen LogP contribution in [-0.4, -0.2) is 84.1 Å². The van der Waals surface area contributed by atoms with Crippen molar-refractivity contribution in [3.8, 4) is 0 Å². The highest BCUT2D eigenvalue weighted by Crippen LogP contribution is 2.22. The minimum atomic E-state index is 0.188. The van der Waals surface area contributed by atoms with Gasteiger partial charge < -0.3 is 15.1 Å². The van der Waals surface area contributed by atoms with E-state index < -0.39 is 0 Å². The van der Waals surface area contributed by atoms with E-state index in [0.717, 1.165) is 63.7 Å². The highest BCUT2D eigenvalue weighted by atomic mass is 32.2. The molecule has 0 radical (unpaired) electrons. The monoisotopic (exact) mass is 404 g/mol. The van der Waals surface area contributed by atoms with Crippen LogP contribution in [0.2, 0.25) is 0 Å². The van der Waals surface area contributed by atoms with Gasteiger partial charge in [-0.1, -0.05) is 19.3 Å². The van der Waals surface area contributed by atoms with Gasteiger partial charge in [-0.2, -0.15) is 11.8 Å². The summed E-state index contributed by atoms with van der Waals surface area (Å²) in [5.41, 5.74) is 0. The standard InChI is InChI=1S/C20H32N6OS/c27-20(23-17-4-2-1-3-5-17)15-24-6-8-25(9-7-24)18-14-19(22-16-21-18)26-10-12-28-13-11-26/h14,16-17H,1-13,15H2,(H,23,27). The first-order chi connectivity index (χ1) is 13.8. The molecule has 4 rings (SSSR count). The number of anilines is 2. The largest absolute Gasteiger partial charge is 0.355 e. The highest BCUT2D eigenvalue weighted by Gasteiger charge is 2.23. The van der Waals surface area contributed by atoms with Crippen LogP contribution in [-0.2, 0) is 4.79 Å². The summed E-state index contributed by atoms with van der Waals surface area (Å²) in [7, 11) is 0. The lowest BCUT2D eigenvalue weighted by molar-refractivity contribution is -0.123. The van der Waals surface area contributed by atoms with Gasteiger partial charge in [-0.15, -0.1) is 0 Å². The molecule has 3 aliphatic rings. The van der Waals surface area contributed by atoms with E-state index in [-0.39, 0.29) is 5.91 Å². The zero-order valence-electron chi connectivity index (χ0n) is 16.7. The third-order valence-electron chi connectivity index (χ3n) is 6.01. The molecule has 1 aromatic heterocycles. The van der Waals surface area contributed by atoms with E-state index >= 15 is 0 Å². The van der Waals surface area contributed by atoms with Gasteiger partial charge in [0.1, 0.15) is 18.0 Å². The van der Waals surface area contributed by atoms with Crippen LogP contribution in [0.1, 0.15) is 32.1 Å². The van der Waals surface area contributed by atoms with Crippen LogP contribution in [0.5, 0.6) is 0 Å². The molecule has 1 saturated carbocycles. The number of nitrogens with zero attached hydrogens (tertiary/aromatic N) is 5. The molecule has 8 heteroatoms. The van der Waals surface area contributed by atoms with Gasteiger partial charge in [0.25, 0.3) is 0 Å². The Kier molecular flexibility index (Phi) is 6.90. The van der Waals surface area contributed by atoms with Gasteiger partial charge in [0.15, 0.2) is 0 Å².